The van der Waals surface area contributed by atoms with Gasteiger partial charge in [-0.15, -0.1) is 82.2 Å². The van der Waals surface area contributed by atoms with E-state index in [4.69, 9.17) is 4.74 Å². The van der Waals surface area contributed by atoms with Crippen molar-refractivity contribution >= 4 is 42.7 Å². The molecule has 26 heavy (non-hydrogen) atoms. The van der Waals surface area contributed by atoms with E-state index in [-0.39, 0.29) is 29.8 Å². The first kappa shape index (κ1) is 23.7. The van der Waals surface area contributed by atoms with Crippen LogP contribution in [0, 0.1) is 12.1 Å². The molecular weight excluding hydrogens is 530 g/mol. The van der Waals surface area contributed by atoms with Crippen molar-refractivity contribution in [1.82, 2.24) is 0 Å². The average Bonchev–Trinajstić information content (AvgIpc) is 3.31. The molecule has 0 saturated heterocycles. The number of fused-ring (bicyclic) bond motifs is 3. The molecule has 2 aliphatic carbocycles. The number of halogens is 3. The van der Waals surface area contributed by atoms with Crippen molar-refractivity contribution in [2.24, 2.45) is 0 Å². The third kappa shape index (κ3) is 5.33. The summed E-state index contributed by atoms with van der Waals surface area (Å²) in [7, 11) is 4.17. The van der Waals surface area contributed by atoms with Crippen molar-refractivity contribution in [3.05, 3.63) is 87.8 Å². The predicted octanol–water partition coefficient (Wildman–Crippen LogP) is -2.22. The predicted molar refractivity (Wildman–Crippen MR) is 99.9 cm³/mol. The maximum atomic E-state index is 5.59. The van der Waals surface area contributed by atoms with Crippen molar-refractivity contribution < 1.29 is 52.2 Å². The Hall–Kier alpha value is -0.377. The van der Waals surface area contributed by atoms with Crippen LogP contribution in [0.2, 0.25) is 0 Å². The second-order valence-corrected chi connectivity index (χ2v) is 6.18. The molecule has 1 atom stereocenters. The van der Waals surface area contributed by atoms with Crippen molar-refractivity contribution in [3.63, 3.8) is 0 Å². The Labute approximate surface area is 192 Å². The van der Waals surface area contributed by atoms with E-state index in [0.717, 1.165) is 40.1 Å². The molecule has 6 heteroatoms. The SMILES string of the molecule is BrC1C=C2C=c3ccc[c-]c3=C2O1.[Cl-].[Cl-].[S]=[Zr+2].[c-]1cccc2c1C=CC2. The van der Waals surface area contributed by atoms with Crippen LogP contribution in [0.1, 0.15) is 11.1 Å². The largest absolute Gasteiger partial charge is 0.147 e. The van der Waals surface area contributed by atoms with Crippen LogP contribution in [0.25, 0.3) is 17.9 Å². The number of ether oxygens (including phenoxy) is 1. The van der Waals surface area contributed by atoms with Gasteiger partial charge in [-0.2, -0.15) is 0 Å². The Bertz CT molecular complexity index is 943. The fourth-order valence-corrected chi connectivity index (χ4v) is 3.28. The van der Waals surface area contributed by atoms with E-state index in [0.29, 0.717) is 0 Å². The topological polar surface area (TPSA) is 9.23 Å². The summed E-state index contributed by atoms with van der Waals surface area (Å²) in [6.45, 7) is 0. The minimum absolute atomic E-state index is 0. The third-order valence-electron chi connectivity index (χ3n) is 3.83. The van der Waals surface area contributed by atoms with Crippen LogP contribution in [0.4, 0.5) is 0 Å². The van der Waals surface area contributed by atoms with Crippen LogP contribution in [0.3, 0.4) is 0 Å². The smallest absolute Gasteiger partial charge is 0.0528 e. The van der Waals surface area contributed by atoms with Gasteiger partial charge in [0.25, 0.3) is 0 Å². The van der Waals surface area contributed by atoms with Crippen LogP contribution in [-0.2, 0) is 33.8 Å². The minimum Gasteiger partial charge on any atom is -0.147 e. The van der Waals surface area contributed by atoms with Gasteiger partial charge in [0.05, 0.1) is 5.76 Å². The fourth-order valence-electron chi connectivity index (χ4n) is 2.80. The number of hydrogen-bond acceptors (Lipinski definition) is 2. The molecule has 1 unspecified atom stereocenters. The van der Waals surface area contributed by atoms with Gasteiger partial charge in [0.15, 0.2) is 5.01 Å². The van der Waals surface area contributed by atoms with Gasteiger partial charge in [0, 0.05) is 0 Å². The van der Waals surface area contributed by atoms with Gasteiger partial charge in [0.2, 0.25) is 0 Å². The maximum absolute atomic E-state index is 5.59. The molecule has 0 amide bonds. The van der Waals surface area contributed by atoms with Gasteiger partial charge in [-0.3, -0.25) is 0 Å². The summed E-state index contributed by atoms with van der Waals surface area (Å²) >= 11 is 4.53. The first-order valence-electron chi connectivity index (χ1n) is 7.43. The molecule has 0 N–H and O–H groups in total. The zero-order valence-corrected chi connectivity index (χ0v) is 19.9. The normalized spacial score (nSPS) is 16.5. The Morgan fingerprint density at radius 2 is 1.85 bits per heavy atom. The van der Waals surface area contributed by atoms with Gasteiger partial charge < -0.3 is 29.6 Å². The summed E-state index contributed by atoms with van der Waals surface area (Å²) in [5.74, 6) is 0.956. The van der Waals surface area contributed by atoms with Crippen molar-refractivity contribution in [2.75, 3.05) is 0 Å². The molecule has 0 fully saturated rings. The standard InChI is InChI=1S/C11H6BrO.C9H7.2ClH.S.Zr/c12-10-6-8-5-7-3-1-2-4-9(7)11(8)13-10;1-2-5-9-7-3-6-8(9)4-1;;;;/h1-3,5-6,10H;1-4,7H,6H2;2*1H;;/q2*-1;;;;+2/p-2. The summed E-state index contributed by atoms with van der Waals surface area (Å²) in [5.41, 5.74) is 3.83. The van der Waals surface area contributed by atoms with E-state index in [9.17, 15) is 0 Å². The third-order valence-corrected chi connectivity index (χ3v) is 4.28. The van der Waals surface area contributed by atoms with E-state index in [1.807, 2.05) is 24.3 Å². The molecule has 5 rings (SSSR count). The fraction of sp³-hybridized carbons (Fsp3) is 0.100. The van der Waals surface area contributed by atoms with Crippen molar-refractivity contribution in [3.8, 4) is 0 Å². The molecular formula is C20H13BrCl2OSZr-2. The first-order valence-corrected chi connectivity index (χ1v) is 11.8. The second kappa shape index (κ2) is 11.5. The second-order valence-electron chi connectivity index (χ2n) is 5.28. The number of rotatable bonds is 0. The maximum Gasteiger partial charge on any atom is -0.0528 e. The van der Waals surface area contributed by atoms with Gasteiger partial charge in [-0.25, -0.2) is 0 Å². The van der Waals surface area contributed by atoms with Crippen LogP contribution >= 0.6 is 24.8 Å². The summed E-state index contributed by atoms with van der Waals surface area (Å²) in [6.07, 6.45) is 9.56. The van der Waals surface area contributed by atoms with Crippen LogP contribution < -0.4 is 35.3 Å². The van der Waals surface area contributed by atoms with Crippen molar-refractivity contribution in [2.45, 2.75) is 11.4 Å². The molecule has 0 saturated carbocycles. The van der Waals surface area contributed by atoms with Gasteiger partial charge in [0.1, 0.15) is 0 Å². The molecule has 1 aliphatic heterocycles. The van der Waals surface area contributed by atoms with Gasteiger partial charge in [-0.1, -0.05) is 12.5 Å². The van der Waals surface area contributed by atoms with E-state index >= 15 is 0 Å². The Balaban J connectivity index is 0.000000232. The summed E-state index contributed by atoms with van der Waals surface area (Å²) in [5, 5.41) is 2.30. The Morgan fingerprint density at radius 1 is 1.12 bits per heavy atom. The molecule has 132 valence electrons. The minimum atomic E-state index is 0. The van der Waals surface area contributed by atoms with E-state index < -0.39 is 0 Å². The van der Waals surface area contributed by atoms with Gasteiger partial charge >= 0.3 is 31.5 Å². The quantitative estimate of drug-likeness (QED) is 0.275. The first-order chi connectivity index (χ1) is 11.8. The summed E-state index contributed by atoms with van der Waals surface area (Å²) < 4.78 is 5.59. The summed E-state index contributed by atoms with van der Waals surface area (Å²) in [6, 6.07) is 18.5. The molecule has 0 bridgehead atoms. The van der Waals surface area contributed by atoms with Crippen LogP contribution in [0.5, 0.6) is 0 Å². The Kier molecular flexibility index (Phi) is 10.4. The average molecular weight is 543 g/mol. The number of alkyl halides is 1. The van der Waals surface area contributed by atoms with Gasteiger partial charge in [-0.05, 0) is 27.6 Å². The molecule has 1 nitrogen and oxygen atoms in total. The molecule has 1 heterocycles. The van der Waals surface area contributed by atoms with Crippen molar-refractivity contribution in [1.29, 1.82) is 0 Å². The number of hydrogen-bond donors (Lipinski definition) is 0. The molecule has 2 aromatic carbocycles. The Morgan fingerprint density at radius 3 is 2.62 bits per heavy atom. The zero-order chi connectivity index (χ0) is 16.9. The molecule has 0 aromatic heterocycles. The molecule has 0 spiro atoms. The zero-order valence-electron chi connectivity index (χ0n) is 13.5. The number of benzene rings is 2. The molecule has 2 aromatic rings. The van der Waals surface area contributed by atoms with E-state index in [2.05, 4.69) is 73.4 Å². The summed E-state index contributed by atoms with van der Waals surface area (Å²) in [4.78, 5) is 0. The van der Waals surface area contributed by atoms with E-state index in [1.54, 1.807) is 0 Å². The molecule has 3 aliphatic rings. The molecule has 0 radical (unpaired) electrons. The number of allylic oxidation sites excluding steroid dienone is 1. The van der Waals surface area contributed by atoms with E-state index in [1.165, 1.54) is 21.9 Å². The van der Waals surface area contributed by atoms with Crippen LogP contribution in [0.15, 0.2) is 54.1 Å². The monoisotopic (exact) mass is 540 g/mol. The van der Waals surface area contributed by atoms with Crippen LogP contribution in [-0.4, -0.2) is 5.01 Å².